The molecule has 43 heavy (non-hydrogen) atoms. The van der Waals surface area contributed by atoms with Gasteiger partial charge in [-0.1, -0.05) is 59.3 Å². The molecule has 1 aromatic heterocycles. The van der Waals surface area contributed by atoms with Gasteiger partial charge < -0.3 is 24.4 Å². The molecule has 1 N–H and O–H groups in total. The van der Waals surface area contributed by atoms with Crippen LogP contribution in [0.15, 0.2) is 91.0 Å². The molecule has 5 rings (SSSR count). The van der Waals surface area contributed by atoms with Crippen molar-refractivity contribution in [1.29, 1.82) is 0 Å². The third-order valence-corrected chi connectivity index (χ3v) is 7.16. The molecule has 1 atom stereocenters. The number of anilines is 1. The SMILES string of the molecule is COc1ccc([C@@H](C(=O)Nc2ccc(OC)cc2OC)N(Cc2ccc(C)cc2)C(=O)Cn2nnc3ccccc32)cc1. The second-order valence-electron chi connectivity index (χ2n) is 9.97. The van der Waals surface area contributed by atoms with E-state index >= 15 is 0 Å². The van der Waals surface area contributed by atoms with Crippen LogP contribution >= 0.6 is 0 Å². The van der Waals surface area contributed by atoms with Crippen LogP contribution in [0.3, 0.4) is 0 Å². The molecule has 10 nitrogen and oxygen atoms in total. The zero-order chi connectivity index (χ0) is 30.3. The second kappa shape index (κ2) is 13.1. The minimum Gasteiger partial charge on any atom is -0.497 e. The number of rotatable bonds is 11. The lowest BCUT2D eigenvalue weighted by Crippen LogP contribution is -2.42. The van der Waals surface area contributed by atoms with Gasteiger partial charge in [0.2, 0.25) is 5.91 Å². The standard InChI is InChI=1S/C33H33N5O5/c1-22-9-11-23(12-10-22)20-37(31(39)21-38-29-8-6-5-7-27(29)35-36-38)32(24-13-15-25(41-2)16-14-24)33(40)34-28-18-17-26(42-3)19-30(28)43-4/h5-19,32H,20-21H2,1-4H3,(H,34,40)/t32-/m0/s1. The van der Waals surface area contributed by atoms with Gasteiger partial charge in [0.25, 0.3) is 5.91 Å². The van der Waals surface area contributed by atoms with Gasteiger partial charge in [0.15, 0.2) is 0 Å². The highest BCUT2D eigenvalue weighted by Crippen LogP contribution is 2.32. The quantitative estimate of drug-likeness (QED) is 0.230. The van der Waals surface area contributed by atoms with Crippen LogP contribution in [0.4, 0.5) is 5.69 Å². The Kier molecular flexibility index (Phi) is 8.85. The lowest BCUT2D eigenvalue weighted by Gasteiger charge is -2.32. The van der Waals surface area contributed by atoms with Gasteiger partial charge in [-0.2, -0.15) is 0 Å². The smallest absolute Gasteiger partial charge is 0.251 e. The molecule has 4 aromatic carbocycles. The predicted octanol–water partition coefficient (Wildman–Crippen LogP) is 5.17. The van der Waals surface area contributed by atoms with Gasteiger partial charge in [-0.15, -0.1) is 5.10 Å². The van der Waals surface area contributed by atoms with Gasteiger partial charge in [0.05, 0.1) is 32.5 Å². The van der Waals surface area contributed by atoms with E-state index in [0.29, 0.717) is 34.0 Å². The third kappa shape index (κ3) is 6.59. The summed E-state index contributed by atoms with van der Waals surface area (Å²) < 4.78 is 17.7. The first-order chi connectivity index (χ1) is 20.9. The summed E-state index contributed by atoms with van der Waals surface area (Å²) in [6.07, 6.45) is 0. The number of para-hydroxylation sites is 1. The van der Waals surface area contributed by atoms with Crippen molar-refractivity contribution in [3.05, 3.63) is 108 Å². The van der Waals surface area contributed by atoms with E-state index in [2.05, 4.69) is 15.6 Å². The van der Waals surface area contributed by atoms with E-state index in [1.807, 2.05) is 55.5 Å². The molecule has 0 aliphatic carbocycles. The molecule has 0 saturated carbocycles. The van der Waals surface area contributed by atoms with Crippen LogP contribution in [0, 0.1) is 6.92 Å². The Bertz CT molecular complexity index is 1720. The normalized spacial score (nSPS) is 11.5. The van der Waals surface area contributed by atoms with E-state index in [9.17, 15) is 9.59 Å². The summed E-state index contributed by atoms with van der Waals surface area (Å²) in [5.41, 5.74) is 4.41. The Labute approximate surface area is 249 Å². The maximum absolute atomic E-state index is 14.2. The molecule has 0 unspecified atom stereocenters. The zero-order valence-electron chi connectivity index (χ0n) is 24.5. The number of ether oxygens (including phenoxy) is 3. The molecular formula is C33H33N5O5. The van der Waals surface area contributed by atoms with Crippen molar-refractivity contribution >= 4 is 28.5 Å². The summed E-state index contributed by atoms with van der Waals surface area (Å²) in [7, 11) is 4.64. The van der Waals surface area contributed by atoms with Crippen LogP contribution in [0.2, 0.25) is 0 Å². The summed E-state index contributed by atoms with van der Waals surface area (Å²) in [5.74, 6) is 0.904. The lowest BCUT2D eigenvalue weighted by atomic mass is 10.0. The van der Waals surface area contributed by atoms with E-state index in [0.717, 1.165) is 16.6 Å². The van der Waals surface area contributed by atoms with Crippen LogP contribution in [0.25, 0.3) is 11.0 Å². The molecule has 10 heteroatoms. The molecule has 0 bridgehead atoms. The minimum atomic E-state index is -1.01. The van der Waals surface area contributed by atoms with E-state index in [1.54, 1.807) is 66.3 Å². The van der Waals surface area contributed by atoms with Gasteiger partial charge >= 0.3 is 0 Å². The fraction of sp³-hybridized carbons (Fsp3) is 0.212. The van der Waals surface area contributed by atoms with Crippen LogP contribution in [0.1, 0.15) is 22.7 Å². The Balaban J connectivity index is 1.57. The summed E-state index contributed by atoms with van der Waals surface area (Å²) in [6.45, 7) is 2.06. The third-order valence-electron chi connectivity index (χ3n) is 7.16. The number of nitrogens with one attached hydrogen (secondary N) is 1. The molecular weight excluding hydrogens is 546 g/mol. The highest BCUT2D eigenvalue weighted by Gasteiger charge is 2.33. The number of hydrogen-bond donors (Lipinski definition) is 1. The topological polar surface area (TPSA) is 108 Å². The Morgan fingerprint density at radius 2 is 1.56 bits per heavy atom. The lowest BCUT2D eigenvalue weighted by molar-refractivity contribution is -0.140. The number of methoxy groups -OCH3 is 3. The number of aryl methyl sites for hydroxylation is 1. The fourth-order valence-corrected chi connectivity index (χ4v) is 4.83. The average Bonchev–Trinajstić information content (AvgIpc) is 3.44. The van der Waals surface area contributed by atoms with Crippen molar-refractivity contribution < 1.29 is 23.8 Å². The van der Waals surface area contributed by atoms with Gasteiger partial charge in [0, 0.05) is 12.6 Å². The minimum absolute atomic E-state index is 0.113. The highest BCUT2D eigenvalue weighted by molar-refractivity contribution is 5.99. The zero-order valence-corrected chi connectivity index (χ0v) is 24.5. The van der Waals surface area contributed by atoms with E-state index in [1.165, 1.54) is 7.11 Å². The Hall–Kier alpha value is -5.38. The number of benzene rings is 4. The van der Waals surface area contributed by atoms with Gasteiger partial charge in [-0.3, -0.25) is 9.59 Å². The summed E-state index contributed by atoms with van der Waals surface area (Å²) >= 11 is 0. The number of hydrogen-bond acceptors (Lipinski definition) is 7. The van der Waals surface area contributed by atoms with Crippen molar-refractivity contribution in [3.8, 4) is 17.2 Å². The van der Waals surface area contributed by atoms with Crippen molar-refractivity contribution in [3.63, 3.8) is 0 Å². The average molecular weight is 580 g/mol. The monoisotopic (exact) mass is 579 g/mol. The molecule has 0 aliphatic rings. The molecule has 0 spiro atoms. The van der Waals surface area contributed by atoms with Gasteiger partial charge in [-0.25, -0.2) is 4.68 Å². The van der Waals surface area contributed by atoms with Crippen molar-refractivity contribution in [2.24, 2.45) is 0 Å². The molecule has 0 radical (unpaired) electrons. The van der Waals surface area contributed by atoms with Crippen molar-refractivity contribution in [2.75, 3.05) is 26.6 Å². The van der Waals surface area contributed by atoms with Crippen LogP contribution in [-0.4, -0.2) is 53.0 Å². The maximum Gasteiger partial charge on any atom is 0.251 e. The van der Waals surface area contributed by atoms with E-state index in [4.69, 9.17) is 14.2 Å². The second-order valence-corrected chi connectivity index (χ2v) is 9.97. The first kappa shape index (κ1) is 29.1. The molecule has 0 aliphatic heterocycles. The first-order valence-electron chi connectivity index (χ1n) is 13.7. The highest BCUT2D eigenvalue weighted by atomic mass is 16.5. The van der Waals surface area contributed by atoms with E-state index < -0.39 is 11.9 Å². The largest absolute Gasteiger partial charge is 0.497 e. The van der Waals surface area contributed by atoms with Crippen LogP contribution in [-0.2, 0) is 22.7 Å². The summed E-state index contributed by atoms with van der Waals surface area (Å²) in [6, 6.07) is 26.5. The van der Waals surface area contributed by atoms with Crippen molar-refractivity contribution in [2.45, 2.75) is 26.1 Å². The predicted molar refractivity (Wildman–Crippen MR) is 163 cm³/mol. The molecule has 0 saturated heterocycles. The number of carbonyl (C=O) groups is 2. The number of aromatic nitrogens is 3. The number of fused-ring (bicyclic) bond motifs is 1. The Morgan fingerprint density at radius 1 is 0.860 bits per heavy atom. The van der Waals surface area contributed by atoms with Gasteiger partial charge in [-0.05, 0) is 54.4 Å². The molecule has 5 aromatic rings. The fourth-order valence-electron chi connectivity index (χ4n) is 4.83. The van der Waals surface area contributed by atoms with Crippen molar-refractivity contribution in [1.82, 2.24) is 19.9 Å². The first-order valence-corrected chi connectivity index (χ1v) is 13.7. The van der Waals surface area contributed by atoms with Gasteiger partial charge in [0.1, 0.15) is 35.4 Å². The molecule has 1 heterocycles. The maximum atomic E-state index is 14.2. The molecule has 0 fully saturated rings. The summed E-state index contributed by atoms with van der Waals surface area (Å²) in [4.78, 5) is 30.0. The molecule has 220 valence electrons. The van der Waals surface area contributed by atoms with Crippen LogP contribution < -0.4 is 19.5 Å². The summed E-state index contributed by atoms with van der Waals surface area (Å²) in [5, 5.41) is 11.4. The Morgan fingerprint density at radius 3 is 2.26 bits per heavy atom. The molecule has 2 amide bonds. The van der Waals surface area contributed by atoms with E-state index in [-0.39, 0.29) is 19.0 Å². The van der Waals surface area contributed by atoms with Crippen LogP contribution in [0.5, 0.6) is 17.2 Å². The number of nitrogens with zero attached hydrogens (tertiary/aromatic N) is 4. The number of carbonyl (C=O) groups excluding carboxylic acids is 2. The number of amides is 2.